The number of ether oxygens (including phenoxy) is 1. The molecule has 0 amide bonds. The smallest absolute Gasteiger partial charge is 0.362 e. The van der Waals surface area contributed by atoms with Gasteiger partial charge in [-0.3, -0.25) is 0 Å². The van der Waals surface area contributed by atoms with Crippen LogP contribution < -0.4 is 5.73 Å². The monoisotopic (exact) mass is 239 g/mol. The first-order chi connectivity index (χ1) is 7.42. The third-order valence-electron chi connectivity index (χ3n) is 1.75. The molecule has 8 heteroatoms. The zero-order valence-corrected chi connectivity index (χ0v) is 8.62. The molecule has 2 N–H and O–H groups in total. The highest BCUT2D eigenvalue weighted by Crippen LogP contribution is 2.16. The van der Waals surface area contributed by atoms with Gasteiger partial charge in [-0.1, -0.05) is 12.1 Å². The van der Waals surface area contributed by atoms with Crippen LogP contribution in [-0.4, -0.2) is 22.9 Å². The Hall–Kier alpha value is -1.15. The van der Waals surface area contributed by atoms with E-state index in [0.29, 0.717) is 6.42 Å². The Morgan fingerprint density at radius 2 is 2.19 bits per heavy atom. The molecule has 1 aromatic heterocycles. The Morgan fingerprint density at radius 1 is 1.50 bits per heavy atom. The van der Waals surface area contributed by atoms with Gasteiger partial charge in [0.1, 0.15) is 13.2 Å². The Balaban J connectivity index is 2.41. The minimum absolute atomic E-state index is 0.0110. The van der Waals surface area contributed by atoms with Crippen molar-refractivity contribution in [3.63, 3.8) is 0 Å². The molecule has 0 saturated carbocycles. The van der Waals surface area contributed by atoms with Crippen molar-refractivity contribution in [2.75, 3.05) is 6.61 Å². The van der Waals surface area contributed by atoms with E-state index in [2.05, 4.69) is 19.4 Å². The number of aromatic nitrogens is 2. The molecule has 1 atom stereocenters. The van der Waals surface area contributed by atoms with Gasteiger partial charge in [0, 0.05) is 0 Å². The largest absolute Gasteiger partial charge is 0.411 e. The molecule has 92 valence electrons. The summed E-state index contributed by atoms with van der Waals surface area (Å²) >= 11 is 0. The van der Waals surface area contributed by atoms with Crippen LogP contribution in [0.25, 0.3) is 0 Å². The SMILES string of the molecule is CCC(N)c1noc(COCC(F)(F)F)n1. The third-order valence-corrected chi connectivity index (χ3v) is 1.75. The Kier molecular flexibility index (Phi) is 4.25. The highest BCUT2D eigenvalue weighted by molar-refractivity contribution is 4.91. The van der Waals surface area contributed by atoms with Crippen molar-refractivity contribution in [2.45, 2.75) is 32.2 Å². The highest BCUT2D eigenvalue weighted by atomic mass is 19.4. The average molecular weight is 239 g/mol. The van der Waals surface area contributed by atoms with Crippen molar-refractivity contribution in [2.24, 2.45) is 5.73 Å². The number of nitrogens with two attached hydrogens (primary N) is 1. The predicted molar refractivity (Wildman–Crippen MR) is 47.2 cm³/mol. The number of hydrogen-bond donors (Lipinski definition) is 1. The van der Waals surface area contributed by atoms with Crippen molar-refractivity contribution in [3.8, 4) is 0 Å². The summed E-state index contributed by atoms with van der Waals surface area (Å²) in [4.78, 5) is 3.81. The zero-order valence-electron chi connectivity index (χ0n) is 8.62. The molecule has 0 saturated heterocycles. The number of halogens is 3. The second-order valence-corrected chi connectivity index (χ2v) is 3.17. The summed E-state index contributed by atoms with van der Waals surface area (Å²) in [7, 11) is 0. The van der Waals surface area contributed by atoms with Gasteiger partial charge < -0.3 is 15.0 Å². The fraction of sp³-hybridized carbons (Fsp3) is 0.750. The Bertz CT molecular complexity index is 327. The Labute approximate surface area is 89.8 Å². The summed E-state index contributed by atoms with van der Waals surface area (Å²) in [6, 6.07) is -0.375. The molecule has 1 heterocycles. The molecule has 0 radical (unpaired) electrons. The molecule has 5 nitrogen and oxygen atoms in total. The van der Waals surface area contributed by atoms with Crippen LogP contribution in [0.15, 0.2) is 4.52 Å². The summed E-state index contributed by atoms with van der Waals surface area (Å²) in [6.07, 6.45) is -3.74. The minimum atomic E-state index is -4.36. The number of nitrogens with zero attached hydrogens (tertiary/aromatic N) is 2. The van der Waals surface area contributed by atoms with E-state index >= 15 is 0 Å². The lowest BCUT2D eigenvalue weighted by atomic mass is 10.2. The standard InChI is InChI=1S/C8H12F3N3O2/c1-2-5(12)7-13-6(16-14-7)3-15-4-8(9,10)11/h5H,2-4,12H2,1H3. The topological polar surface area (TPSA) is 74.2 Å². The summed E-state index contributed by atoms with van der Waals surface area (Å²) in [5.74, 6) is 0.260. The molecule has 0 spiro atoms. The summed E-state index contributed by atoms with van der Waals surface area (Å²) < 4.78 is 44.2. The molecule has 0 bridgehead atoms. The van der Waals surface area contributed by atoms with Gasteiger partial charge in [0.05, 0.1) is 6.04 Å². The normalized spacial score (nSPS) is 14.1. The zero-order chi connectivity index (χ0) is 12.2. The van der Waals surface area contributed by atoms with E-state index in [1.807, 2.05) is 6.92 Å². The quantitative estimate of drug-likeness (QED) is 0.843. The molecule has 0 aliphatic heterocycles. The van der Waals surface area contributed by atoms with Crippen LogP contribution in [0.1, 0.15) is 31.1 Å². The first-order valence-corrected chi connectivity index (χ1v) is 4.65. The average Bonchev–Trinajstić information content (AvgIpc) is 2.63. The maximum atomic E-state index is 11.7. The van der Waals surface area contributed by atoms with Crippen molar-refractivity contribution >= 4 is 0 Å². The minimum Gasteiger partial charge on any atom is -0.362 e. The number of hydrogen-bond acceptors (Lipinski definition) is 5. The predicted octanol–water partition coefficient (Wildman–Crippen LogP) is 1.56. The van der Waals surface area contributed by atoms with Crippen LogP contribution in [-0.2, 0) is 11.3 Å². The summed E-state index contributed by atoms with van der Waals surface area (Å²) in [5.41, 5.74) is 5.60. The molecule has 0 aromatic carbocycles. The molecular formula is C8H12F3N3O2. The van der Waals surface area contributed by atoms with Crippen LogP contribution in [0.4, 0.5) is 13.2 Å². The van der Waals surface area contributed by atoms with Gasteiger partial charge >= 0.3 is 6.18 Å². The lowest BCUT2D eigenvalue weighted by Crippen LogP contribution is -2.16. The van der Waals surface area contributed by atoms with E-state index in [1.54, 1.807) is 0 Å². The van der Waals surface area contributed by atoms with Gasteiger partial charge in [-0.2, -0.15) is 18.2 Å². The second kappa shape index (κ2) is 5.26. The molecule has 1 aromatic rings. The van der Waals surface area contributed by atoms with E-state index in [9.17, 15) is 13.2 Å². The van der Waals surface area contributed by atoms with Crippen LogP contribution in [0.2, 0.25) is 0 Å². The maximum Gasteiger partial charge on any atom is 0.411 e. The number of alkyl halides is 3. The molecular weight excluding hydrogens is 227 g/mol. The van der Waals surface area contributed by atoms with Crippen molar-refractivity contribution in [3.05, 3.63) is 11.7 Å². The maximum absolute atomic E-state index is 11.7. The molecule has 16 heavy (non-hydrogen) atoms. The van der Waals surface area contributed by atoms with Crippen LogP contribution >= 0.6 is 0 Å². The van der Waals surface area contributed by atoms with Crippen LogP contribution in [0.3, 0.4) is 0 Å². The molecule has 0 aliphatic carbocycles. The van der Waals surface area contributed by atoms with E-state index in [1.165, 1.54) is 0 Å². The first kappa shape index (κ1) is 12.9. The fourth-order valence-corrected chi connectivity index (χ4v) is 0.914. The molecule has 0 fully saturated rings. The first-order valence-electron chi connectivity index (χ1n) is 4.65. The van der Waals surface area contributed by atoms with Gasteiger partial charge in [0.15, 0.2) is 5.82 Å². The number of rotatable bonds is 5. The van der Waals surface area contributed by atoms with Gasteiger partial charge in [-0.25, -0.2) is 0 Å². The van der Waals surface area contributed by atoms with E-state index in [-0.39, 0.29) is 24.4 Å². The van der Waals surface area contributed by atoms with Gasteiger partial charge in [-0.05, 0) is 6.42 Å². The Morgan fingerprint density at radius 3 is 2.75 bits per heavy atom. The van der Waals surface area contributed by atoms with E-state index < -0.39 is 12.8 Å². The molecule has 1 rings (SSSR count). The lowest BCUT2D eigenvalue weighted by molar-refractivity contribution is -0.178. The van der Waals surface area contributed by atoms with Gasteiger partial charge in [0.2, 0.25) is 0 Å². The van der Waals surface area contributed by atoms with Crippen molar-refractivity contribution < 1.29 is 22.4 Å². The molecule has 1 unspecified atom stereocenters. The third kappa shape index (κ3) is 4.15. The summed E-state index contributed by atoms with van der Waals surface area (Å²) in [5, 5.41) is 3.53. The second-order valence-electron chi connectivity index (χ2n) is 3.17. The molecule has 0 aliphatic rings. The summed E-state index contributed by atoms with van der Waals surface area (Å²) in [6.45, 7) is 0.119. The van der Waals surface area contributed by atoms with E-state index in [0.717, 1.165) is 0 Å². The lowest BCUT2D eigenvalue weighted by Gasteiger charge is -2.04. The van der Waals surface area contributed by atoms with Crippen LogP contribution in [0.5, 0.6) is 0 Å². The van der Waals surface area contributed by atoms with Crippen molar-refractivity contribution in [1.82, 2.24) is 10.1 Å². The van der Waals surface area contributed by atoms with Gasteiger partial charge in [-0.15, -0.1) is 0 Å². The van der Waals surface area contributed by atoms with Crippen LogP contribution in [0, 0.1) is 0 Å². The van der Waals surface area contributed by atoms with Gasteiger partial charge in [0.25, 0.3) is 5.89 Å². The van der Waals surface area contributed by atoms with E-state index in [4.69, 9.17) is 5.73 Å². The van der Waals surface area contributed by atoms with Crippen molar-refractivity contribution in [1.29, 1.82) is 0 Å². The highest BCUT2D eigenvalue weighted by Gasteiger charge is 2.27. The fourth-order valence-electron chi connectivity index (χ4n) is 0.914.